The highest BCUT2D eigenvalue weighted by atomic mass is 16.3. The molecule has 2 aromatic carbocycles. The van der Waals surface area contributed by atoms with E-state index in [1.165, 1.54) is 11.1 Å². The molecule has 0 spiro atoms. The van der Waals surface area contributed by atoms with E-state index in [4.69, 9.17) is 0 Å². The summed E-state index contributed by atoms with van der Waals surface area (Å²) in [5, 5.41) is 10.8. The molecule has 0 fully saturated rings. The molecule has 0 bridgehead atoms. The van der Waals surface area contributed by atoms with E-state index in [9.17, 15) is 5.11 Å². The molecule has 0 radical (unpaired) electrons. The van der Waals surface area contributed by atoms with Crippen LogP contribution in [0.1, 0.15) is 34.7 Å². The van der Waals surface area contributed by atoms with Crippen LogP contribution < -0.4 is 0 Å². The van der Waals surface area contributed by atoms with Crippen molar-refractivity contribution in [1.29, 1.82) is 0 Å². The maximum absolute atomic E-state index is 10.8. The van der Waals surface area contributed by atoms with Crippen molar-refractivity contribution in [2.45, 2.75) is 33.3 Å². The summed E-state index contributed by atoms with van der Waals surface area (Å²) in [5.74, 6) is 0. The van der Waals surface area contributed by atoms with Crippen molar-refractivity contribution in [3.8, 4) is 0 Å². The van der Waals surface area contributed by atoms with Crippen molar-refractivity contribution in [2.24, 2.45) is 0 Å². The maximum atomic E-state index is 10.8. The Balaban J connectivity index is 2.53. The number of hydrogen-bond acceptors (Lipinski definition) is 1. The summed E-state index contributed by atoms with van der Waals surface area (Å²) < 4.78 is 0. The van der Waals surface area contributed by atoms with Crippen molar-refractivity contribution in [3.63, 3.8) is 0 Å². The monoisotopic (exact) mass is 240 g/mol. The summed E-state index contributed by atoms with van der Waals surface area (Å²) in [4.78, 5) is 0. The molecule has 1 heteroatoms. The first kappa shape index (κ1) is 12.8. The van der Waals surface area contributed by atoms with E-state index in [1.54, 1.807) is 0 Å². The molecule has 0 amide bonds. The van der Waals surface area contributed by atoms with Crippen LogP contribution in [0.5, 0.6) is 0 Å². The lowest BCUT2D eigenvalue weighted by Gasteiger charge is -2.26. The van der Waals surface area contributed by atoms with Gasteiger partial charge < -0.3 is 5.11 Å². The minimum Gasteiger partial charge on any atom is -0.381 e. The number of rotatable bonds is 2. The second-order valence-corrected chi connectivity index (χ2v) is 5.32. The molecule has 18 heavy (non-hydrogen) atoms. The first-order valence-corrected chi connectivity index (χ1v) is 6.28. The third kappa shape index (κ3) is 2.46. The van der Waals surface area contributed by atoms with Crippen LogP contribution in [0.25, 0.3) is 0 Å². The molecular weight excluding hydrogens is 220 g/mol. The second-order valence-electron chi connectivity index (χ2n) is 5.32. The van der Waals surface area contributed by atoms with Crippen LogP contribution in [0.15, 0.2) is 42.5 Å². The van der Waals surface area contributed by atoms with Gasteiger partial charge in [0.1, 0.15) is 5.60 Å². The normalized spacial score (nSPS) is 14.3. The Morgan fingerprint density at radius 2 is 1.33 bits per heavy atom. The van der Waals surface area contributed by atoms with Crippen LogP contribution in [-0.2, 0) is 5.60 Å². The second kappa shape index (κ2) is 4.58. The van der Waals surface area contributed by atoms with Gasteiger partial charge >= 0.3 is 0 Å². The number of aryl methyl sites for hydroxylation is 3. The number of aliphatic hydroxyl groups is 1. The molecule has 0 aliphatic heterocycles. The van der Waals surface area contributed by atoms with Gasteiger partial charge in [0, 0.05) is 0 Å². The third-order valence-electron chi connectivity index (χ3n) is 3.36. The molecule has 0 saturated heterocycles. The Hall–Kier alpha value is -1.60. The van der Waals surface area contributed by atoms with E-state index in [0.717, 1.165) is 16.7 Å². The maximum Gasteiger partial charge on any atom is 0.112 e. The van der Waals surface area contributed by atoms with E-state index in [0.29, 0.717) is 0 Å². The zero-order chi connectivity index (χ0) is 13.3. The van der Waals surface area contributed by atoms with Gasteiger partial charge in [0.15, 0.2) is 0 Å². The largest absolute Gasteiger partial charge is 0.381 e. The minimum atomic E-state index is -0.942. The SMILES string of the molecule is Cc1cccc(C(C)(O)c2cc(C)cc(C)c2)c1. The molecule has 1 atom stereocenters. The number of benzene rings is 2. The van der Waals surface area contributed by atoms with Gasteiger partial charge in [0.2, 0.25) is 0 Å². The van der Waals surface area contributed by atoms with Crippen LogP contribution in [0.4, 0.5) is 0 Å². The van der Waals surface area contributed by atoms with Crippen molar-refractivity contribution in [3.05, 3.63) is 70.3 Å². The Morgan fingerprint density at radius 1 is 0.778 bits per heavy atom. The molecule has 0 aliphatic carbocycles. The van der Waals surface area contributed by atoms with Gasteiger partial charge in [-0.2, -0.15) is 0 Å². The highest BCUT2D eigenvalue weighted by Gasteiger charge is 2.25. The molecule has 2 rings (SSSR count). The molecule has 94 valence electrons. The van der Waals surface area contributed by atoms with Crippen molar-refractivity contribution >= 4 is 0 Å². The third-order valence-corrected chi connectivity index (χ3v) is 3.36. The van der Waals surface area contributed by atoms with Gasteiger partial charge in [-0.1, -0.05) is 59.2 Å². The lowest BCUT2D eigenvalue weighted by Crippen LogP contribution is -2.23. The first-order chi connectivity index (χ1) is 8.39. The summed E-state index contributed by atoms with van der Waals surface area (Å²) in [5.41, 5.74) is 4.47. The zero-order valence-corrected chi connectivity index (χ0v) is 11.5. The summed E-state index contributed by atoms with van der Waals surface area (Å²) in [6.45, 7) is 8.02. The van der Waals surface area contributed by atoms with Gasteiger partial charge in [-0.15, -0.1) is 0 Å². The van der Waals surface area contributed by atoms with E-state index in [1.807, 2.05) is 38.1 Å². The average Bonchev–Trinajstić information content (AvgIpc) is 2.27. The van der Waals surface area contributed by atoms with Gasteiger partial charge in [0.05, 0.1) is 0 Å². The fourth-order valence-electron chi connectivity index (χ4n) is 2.37. The Bertz CT molecular complexity index is 547. The standard InChI is InChI=1S/C17H20O/c1-12-6-5-7-15(9-12)17(4,18)16-10-13(2)8-14(3)11-16/h5-11,18H,1-4H3. The fraction of sp³-hybridized carbons (Fsp3) is 0.294. The molecular formula is C17H20O. The summed E-state index contributed by atoms with van der Waals surface area (Å²) in [6, 6.07) is 14.3. The topological polar surface area (TPSA) is 20.2 Å². The van der Waals surface area contributed by atoms with E-state index in [2.05, 4.69) is 32.0 Å². The van der Waals surface area contributed by atoms with Crippen molar-refractivity contribution in [2.75, 3.05) is 0 Å². The van der Waals surface area contributed by atoms with Gasteiger partial charge in [-0.05, 0) is 38.8 Å². The molecule has 0 aromatic heterocycles. The summed E-state index contributed by atoms with van der Waals surface area (Å²) >= 11 is 0. The van der Waals surface area contributed by atoms with Crippen LogP contribution in [-0.4, -0.2) is 5.11 Å². The highest BCUT2D eigenvalue weighted by molar-refractivity contribution is 5.40. The number of hydrogen-bond donors (Lipinski definition) is 1. The smallest absolute Gasteiger partial charge is 0.112 e. The predicted octanol–water partition coefficient (Wildman–Crippen LogP) is 3.87. The Labute approximate surface area is 109 Å². The van der Waals surface area contributed by atoms with Gasteiger partial charge in [-0.3, -0.25) is 0 Å². The molecule has 2 aromatic rings. The highest BCUT2D eigenvalue weighted by Crippen LogP contribution is 2.30. The zero-order valence-electron chi connectivity index (χ0n) is 11.5. The molecule has 0 heterocycles. The lowest BCUT2D eigenvalue weighted by molar-refractivity contribution is 0.102. The Kier molecular flexibility index (Phi) is 3.27. The predicted molar refractivity (Wildman–Crippen MR) is 75.8 cm³/mol. The first-order valence-electron chi connectivity index (χ1n) is 6.28. The van der Waals surface area contributed by atoms with Gasteiger partial charge in [-0.25, -0.2) is 0 Å². The summed E-state index contributed by atoms with van der Waals surface area (Å²) in [6.07, 6.45) is 0. The molecule has 0 aliphatic rings. The minimum absolute atomic E-state index is 0.938. The van der Waals surface area contributed by atoms with E-state index >= 15 is 0 Å². The molecule has 1 N–H and O–H groups in total. The van der Waals surface area contributed by atoms with E-state index < -0.39 is 5.60 Å². The lowest BCUT2D eigenvalue weighted by atomic mass is 9.86. The Morgan fingerprint density at radius 3 is 1.89 bits per heavy atom. The quantitative estimate of drug-likeness (QED) is 0.845. The fourth-order valence-corrected chi connectivity index (χ4v) is 2.37. The van der Waals surface area contributed by atoms with Crippen LogP contribution in [0, 0.1) is 20.8 Å². The van der Waals surface area contributed by atoms with Crippen LogP contribution in [0.2, 0.25) is 0 Å². The van der Waals surface area contributed by atoms with Gasteiger partial charge in [0.25, 0.3) is 0 Å². The van der Waals surface area contributed by atoms with Crippen LogP contribution in [0.3, 0.4) is 0 Å². The van der Waals surface area contributed by atoms with Crippen molar-refractivity contribution < 1.29 is 5.11 Å². The molecule has 1 unspecified atom stereocenters. The van der Waals surface area contributed by atoms with Crippen molar-refractivity contribution in [1.82, 2.24) is 0 Å². The average molecular weight is 240 g/mol. The van der Waals surface area contributed by atoms with Crippen LogP contribution >= 0.6 is 0 Å². The summed E-state index contributed by atoms with van der Waals surface area (Å²) in [7, 11) is 0. The molecule has 0 saturated carbocycles. The molecule has 1 nitrogen and oxygen atoms in total. The van der Waals surface area contributed by atoms with E-state index in [-0.39, 0.29) is 0 Å².